The van der Waals surface area contributed by atoms with Gasteiger partial charge in [0.25, 0.3) is 0 Å². The van der Waals surface area contributed by atoms with Crippen LogP contribution in [0.4, 0.5) is 0 Å². The summed E-state index contributed by atoms with van der Waals surface area (Å²) in [6.45, 7) is 4.02. The van der Waals surface area contributed by atoms with Crippen LogP contribution in [0.3, 0.4) is 0 Å². The van der Waals surface area contributed by atoms with Crippen LogP contribution in [0.25, 0.3) is 0 Å². The van der Waals surface area contributed by atoms with Crippen LogP contribution in [-0.4, -0.2) is 52.1 Å². The Kier molecular flexibility index (Phi) is 19.3. The summed E-state index contributed by atoms with van der Waals surface area (Å²) in [5, 5.41) is 0. The molecule has 0 bridgehead atoms. The van der Waals surface area contributed by atoms with Crippen molar-refractivity contribution >= 4 is 11.9 Å². The molecule has 6 nitrogen and oxygen atoms in total. The summed E-state index contributed by atoms with van der Waals surface area (Å²) in [5.74, 6) is -0.435. The van der Waals surface area contributed by atoms with Crippen LogP contribution in [0.15, 0.2) is 0 Å². The molecular weight excluding hydrogens is 336 g/mol. The molecule has 0 fully saturated rings. The molecule has 0 unspecified atom stereocenters. The first-order chi connectivity index (χ1) is 12.7. The van der Waals surface area contributed by atoms with E-state index in [-0.39, 0.29) is 25.0 Å². The average molecular weight is 375 g/mol. The molecule has 0 N–H and O–H groups in total. The molecule has 0 atom stereocenters. The SMILES string of the molecule is CCCCCCCCCCCC(=O)OCCOCCOCCC(=O)OC. The standard InChI is InChI=1S/C20H38O6/c1-3-4-5-6-7-8-9-10-11-12-20(22)26-18-17-25-16-15-24-14-13-19(21)23-2/h3-18H2,1-2H3. The zero-order valence-corrected chi connectivity index (χ0v) is 16.8. The fraction of sp³-hybridized carbons (Fsp3) is 0.900. The first-order valence-electron chi connectivity index (χ1n) is 10.1. The number of carbonyl (C=O) groups excluding carboxylic acids is 2. The summed E-state index contributed by atoms with van der Waals surface area (Å²) < 4.78 is 20.1. The molecular formula is C20H38O6. The third-order valence-electron chi connectivity index (χ3n) is 4.03. The van der Waals surface area contributed by atoms with Crippen molar-refractivity contribution in [2.24, 2.45) is 0 Å². The largest absolute Gasteiger partial charge is 0.469 e. The third-order valence-corrected chi connectivity index (χ3v) is 4.03. The number of carbonyl (C=O) groups is 2. The molecule has 0 saturated carbocycles. The highest BCUT2D eigenvalue weighted by atomic mass is 16.6. The third kappa shape index (κ3) is 19.2. The summed E-state index contributed by atoms with van der Waals surface area (Å²) in [6, 6.07) is 0. The van der Waals surface area contributed by atoms with E-state index in [4.69, 9.17) is 14.2 Å². The number of hydrogen-bond donors (Lipinski definition) is 0. The minimum atomic E-state index is -0.287. The Morgan fingerprint density at radius 2 is 1.15 bits per heavy atom. The monoisotopic (exact) mass is 374 g/mol. The molecule has 6 heteroatoms. The lowest BCUT2D eigenvalue weighted by molar-refractivity contribution is -0.145. The van der Waals surface area contributed by atoms with Crippen molar-refractivity contribution < 1.29 is 28.5 Å². The zero-order chi connectivity index (χ0) is 19.3. The fourth-order valence-electron chi connectivity index (χ4n) is 2.45. The Balaban J connectivity index is 3.19. The molecule has 0 amide bonds. The van der Waals surface area contributed by atoms with Gasteiger partial charge < -0.3 is 18.9 Å². The van der Waals surface area contributed by atoms with E-state index in [1.54, 1.807) is 0 Å². The number of methoxy groups -OCH3 is 1. The van der Waals surface area contributed by atoms with Gasteiger partial charge in [-0.1, -0.05) is 58.3 Å². The topological polar surface area (TPSA) is 71.1 Å². The van der Waals surface area contributed by atoms with Crippen molar-refractivity contribution in [3.63, 3.8) is 0 Å². The van der Waals surface area contributed by atoms with Crippen LogP contribution in [-0.2, 0) is 28.5 Å². The maximum Gasteiger partial charge on any atom is 0.307 e. The molecule has 0 aliphatic rings. The molecule has 0 saturated heterocycles. The quantitative estimate of drug-likeness (QED) is 0.251. The van der Waals surface area contributed by atoms with Crippen molar-refractivity contribution in [3.8, 4) is 0 Å². The van der Waals surface area contributed by atoms with E-state index >= 15 is 0 Å². The molecule has 26 heavy (non-hydrogen) atoms. The molecule has 0 rings (SSSR count). The number of esters is 2. The lowest BCUT2D eigenvalue weighted by Crippen LogP contribution is -2.13. The summed E-state index contributed by atoms with van der Waals surface area (Å²) >= 11 is 0. The van der Waals surface area contributed by atoms with Crippen molar-refractivity contribution in [3.05, 3.63) is 0 Å². The molecule has 0 heterocycles. The highest BCUT2D eigenvalue weighted by Crippen LogP contribution is 2.10. The Bertz CT molecular complexity index is 332. The molecule has 0 radical (unpaired) electrons. The van der Waals surface area contributed by atoms with E-state index in [2.05, 4.69) is 11.7 Å². The van der Waals surface area contributed by atoms with E-state index < -0.39 is 0 Å². The van der Waals surface area contributed by atoms with Gasteiger partial charge in [0, 0.05) is 6.42 Å². The first-order valence-corrected chi connectivity index (χ1v) is 10.1. The lowest BCUT2D eigenvalue weighted by Gasteiger charge is -2.07. The first kappa shape index (κ1) is 24.9. The van der Waals surface area contributed by atoms with Gasteiger partial charge in [-0.15, -0.1) is 0 Å². The molecule has 0 aliphatic carbocycles. The second kappa shape index (κ2) is 20.2. The summed E-state index contributed by atoms with van der Waals surface area (Å²) in [4.78, 5) is 22.4. The van der Waals surface area contributed by atoms with Crippen LogP contribution in [0.5, 0.6) is 0 Å². The van der Waals surface area contributed by atoms with E-state index in [0.29, 0.717) is 32.8 Å². The number of unbranched alkanes of at least 4 members (excludes halogenated alkanes) is 8. The van der Waals surface area contributed by atoms with Gasteiger partial charge in [0.2, 0.25) is 0 Å². The maximum absolute atomic E-state index is 11.6. The molecule has 154 valence electrons. The van der Waals surface area contributed by atoms with E-state index in [0.717, 1.165) is 12.8 Å². The van der Waals surface area contributed by atoms with Crippen LogP contribution in [0.2, 0.25) is 0 Å². The van der Waals surface area contributed by atoms with Crippen LogP contribution >= 0.6 is 0 Å². The lowest BCUT2D eigenvalue weighted by atomic mass is 10.1. The maximum atomic E-state index is 11.6. The van der Waals surface area contributed by atoms with Crippen molar-refractivity contribution in [1.82, 2.24) is 0 Å². The molecule has 0 aromatic heterocycles. The van der Waals surface area contributed by atoms with Gasteiger partial charge in [-0.05, 0) is 6.42 Å². The van der Waals surface area contributed by atoms with Gasteiger partial charge >= 0.3 is 11.9 Å². The zero-order valence-electron chi connectivity index (χ0n) is 16.8. The predicted octanol–water partition coefficient (Wildman–Crippen LogP) is 4.05. The summed E-state index contributed by atoms with van der Waals surface area (Å²) in [5.41, 5.74) is 0. The fourth-order valence-corrected chi connectivity index (χ4v) is 2.45. The van der Waals surface area contributed by atoms with Crippen LogP contribution < -0.4 is 0 Å². The minimum Gasteiger partial charge on any atom is -0.469 e. The average Bonchev–Trinajstić information content (AvgIpc) is 2.65. The van der Waals surface area contributed by atoms with Crippen molar-refractivity contribution in [2.75, 3.05) is 40.1 Å². The summed E-state index contributed by atoms with van der Waals surface area (Å²) in [7, 11) is 1.35. The molecule has 0 spiro atoms. The molecule has 0 aromatic carbocycles. The van der Waals surface area contributed by atoms with Gasteiger partial charge in [-0.3, -0.25) is 9.59 Å². The highest BCUT2D eigenvalue weighted by Gasteiger charge is 2.03. The smallest absolute Gasteiger partial charge is 0.307 e. The van der Waals surface area contributed by atoms with Gasteiger partial charge in [-0.25, -0.2) is 0 Å². The van der Waals surface area contributed by atoms with E-state index in [9.17, 15) is 9.59 Å². The Morgan fingerprint density at radius 1 is 0.615 bits per heavy atom. The van der Waals surface area contributed by atoms with E-state index in [1.807, 2.05) is 0 Å². The number of hydrogen-bond acceptors (Lipinski definition) is 6. The Morgan fingerprint density at radius 3 is 1.77 bits per heavy atom. The Hall–Kier alpha value is -1.14. The van der Waals surface area contributed by atoms with Crippen molar-refractivity contribution in [2.45, 2.75) is 77.6 Å². The molecule has 0 aliphatic heterocycles. The van der Waals surface area contributed by atoms with Gasteiger partial charge in [0.05, 0.1) is 40.0 Å². The normalized spacial score (nSPS) is 10.7. The second-order valence-corrected chi connectivity index (χ2v) is 6.35. The highest BCUT2D eigenvalue weighted by molar-refractivity contribution is 5.69. The van der Waals surface area contributed by atoms with Gasteiger partial charge in [-0.2, -0.15) is 0 Å². The second-order valence-electron chi connectivity index (χ2n) is 6.35. The molecule has 0 aromatic rings. The van der Waals surface area contributed by atoms with Crippen LogP contribution in [0.1, 0.15) is 77.6 Å². The van der Waals surface area contributed by atoms with Crippen molar-refractivity contribution in [1.29, 1.82) is 0 Å². The minimum absolute atomic E-state index is 0.147. The number of ether oxygens (including phenoxy) is 4. The summed E-state index contributed by atoms with van der Waals surface area (Å²) in [6.07, 6.45) is 11.9. The Labute approximate surface area is 158 Å². The van der Waals surface area contributed by atoms with Gasteiger partial charge in [0.1, 0.15) is 6.61 Å². The van der Waals surface area contributed by atoms with E-state index in [1.165, 1.54) is 52.1 Å². The predicted molar refractivity (Wildman–Crippen MR) is 101 cm³/mol. The number of rotatable bonds is 19. The van der Waals surface area contributed by atoms with Gasteiger partial charge in [0.15, 0.2) is 0 Å². The van der Waals surface area contributed by atoms with Crippen LogP contribution in [0, 0.1) is 0 Å².